The van der Waals surface area contributed by atoms with Crippen molar-refractivity contribution in [1.82, 2.24) is 14.9 Å². The van der Waals surface area contributed by atoms with Crippen LogP contribution in [0, 0.1) is 11.8 Å². The average Bonchev–Trinajstić information content (AvgIpc) is 3.89. The Bertz CT molecular complexity index is 2060. The van der Waals surface area contributed by atoms with Crippen molar-refractivity contribution < 1.29 is 60.4 Å². The summed E-state index contributed by atoms with van der Waals surface area (Å²) in [7, 11) is -8.16. The minimum atomic E-state index is -4.09. The van der Waals surface area contributed by atoms with Crippen LogP contribution in [0.2, 0.25) is 0 Å². The molecule has 3 heterocycles. The molecule has 3 fully saturated rings. The maximum absolute atomic E-state index is 14.2. The Labute approximate surface area is 363 Å². The van der Waals surface area contributed by atoms with Crippen molar-refractivity contribution in [2.45, 2.75) is 76.1 Å². The summed E-state index contributed by atoms with van der Waals surface area (Å²) in [4.78, 5) is 28.1. The molecule has 3 saturated heterocycles. The topological polar surface area (TPSA) is 201 Å². The molecule has 340 valence electrons. The lowest BCUT2D eigenvalue weighted by Crippen LogP contribution is -2.51. The van der Waals surface area contributed by atoms with Gasteiger partial charge in [0.05, 0.1) is 42.8 Å². The molecule has 3 aliphatic heterocycles. The predicted molar refractivity (Wildman–Crippen MR) is 230 cm³/mol. The minimum Gasteiger partial charge on any atom is -0.480 e. The normalized spacial score (nSPS) is 21.4. The molecule has 3 aromatic rings. The van der Waals surface area contributed by atoms with Crippen LogP contribution >= 0.6 is 7.60 Å². The van der Waals surface area contributed by atoms with Crippen molar-refractivity contribution in [3.8, 4) is 11.5 Å². The van der Waals surface area contributed by atoms with Crippen molar-refractivity contribution in [1.29, 1.82) is 0 Å². The van der Waals surface area contributed by atoms with Crippen LogP contribution in [0.5, 0.6) is 11.5 Å². The van der Waals surface area contributed by atoms with Gasteiger partial charge in [-0.1, -0.05) is 44.2 Å². The number of carbonyl (C=O) groups excluding carboxylic acids is 2. The third-order valence-electron chi connectivity index (χ3n) is 10.6. The van der Waals surface area contributed by atoms with E-state index in [0.29, 0.717) is 18.6 Å². The molecule has 62 heavy (non-hydrogen) atoms. The van der Waals surface area contributed by atoms with E-state index in [0.717, 1.165) is 31.9 Å². The van der Waals surface area contributed by atoms with Crippen LogP contribution in [0.3, 0.4) is 0 Å². The number of hydrogen-bond donors (Lipinski definition) is 3. The van der Waals surface area contributed by atoms with E-state index >= 15 is 0 Å². The van der Waals surface area contributed by atoms with Crippen LogP contribution in [0.25, 0.3) is 0 Å². The average molecular weight is 903 g/mol. The van der Waals surface area contributed by atoms with Crippen molar-refractivity contribution in [2.75, 3.05) is 70.3 Å². The maximum atomic E-state index is 14.2. The smallest absolute Gasteiger partial charge is 0.417 e. The maximum Gasteiger partial charge on any atom is 0.417 e. The lowest BCUT2D eigenvalue weighted by atomic mass is 10.0. The first-order valence-corrected chi connectivity index (χ1v) is 24.2. The number of sulfonamides is 1. The number of para-hydroxylation sites is 1. The molecule has 3 aliphatic rings. The fraction of sp³-hybridized carbons (Fsp3) is 0.535. The largest absolute Gasteiger partial charge is 0.480 e. The Balaban J connectivity index is 1.17. The Morgan fingerprint density at radius 3 is 2.35 bits per heavy atom. The number of nitrogens with one attached hydrogen (secondary N) is 2. The lowest BCUT2D eigenvalue weighted by Gasteiger charge is -2.31. The molecule has 0 bridgehead atoms. The number of piperazine rings is 1. The SMILES string of the molecule is CCOC(=O)[C@H](C)OP(=O)(COc1ccc(C[C@H](NC(=O)O[C@H]2CO[C@H]3OCC[C@H]32)[C@H](O)CN(CC(C)C)S(=O)(=O)c2ccc(N3CCNCC3)cc2)cc1)Oc1ccccc1. The summed E-state index contributed by atoms with van der Waals surface area (Å²) in [5.74, 6) is -0.372. The Hall–Kier alpha value is -4.26. The number of fused-ring (bicyclic) bond motifs is 1. The fourth-order valence-electron chi connectivity index (χ4n) is 7.46. The zero-order valence-electron chi connectivity index (χ0n) is 35.6. The quantitative estimate of drug-likeness (QED) is 0.0974. The summed E-state index contributed by atoms with van der Waals surface area (Å²) < 4.78 is 82.8. The highest BCUT2D eigenvalue weighted by Gasteiger charge is 2.44. The first-order chi connectivity index (χ1) is 29.7. The van der Waals surface area contributed by atoms with Gasteiger partial charge in [0.2, 0.25) is 16.4 Å². The Morgan fingerprint density at radius 2 is 1.68 bits per heavy atom. The zero-order chi connectivity index (χ0) is 44.3. The molecule has 0 aliphatic carbocycles. The van der Waals surface area contributed by atoms with Crippen molar-refractivity contribution in [3.05, 3.63) is 84.4 Å². The number of carbonyl (C=O) groups is 2. The zero-order valence-corrected chi connectivity index (χ0v) is 37.3. The van der Waals surface area contributed by atoms with Gasteiger partial charge in [0.15, 0.2) is 12.4 Å². The Morgan fingerprint density at radius 1 is 0.968 bits per heavy atom. The van der Waals surface area contributed by atoms with E-state index in [1.807, 2.05) is 13.8 Å². The number of amides is 1. The van der Waals surface area contributed by atoms with E-state index in [-0.39, 0.29) is 61.0 Å². The van der Waals surface area contributed by atoms with Gasteiger partial charge in [0.25, 0.3) is 0 Å². The van der Waals surface area contributed by atoms with E-state index in [1.165, 1.54) is 11.2 Å². The van der Waals surface area contributed by atoms with Crippen molar-refractivity contribution >= 4 is 35.4 Å². The monoisotopic (exact) mass is 902 g/mol. The highest BCUT2D eigenvalue weighted by molar-refractivity contribution is 7.89. The molecule has 19 heteroatoms. The molecule has 0 saturated carbocycles. The van der Waals surface area contributed by atoms with Crippen LogP contribution in [-0.2, 0) is 49.3 Å². The summed E-state index contributed by atoms with van der Waals surface area (Å²) in [6.45, 7) is 10.7. The van der Waals surface area contributed by atoms with Gasteiger partial charge in [0.1, 0.15) is 17.6 Å². The highest BCUT2D eigenvalue weighted by atomic mass is 32.2. The van der Waals surface area contributed by atoms with Crippen LogP contribution in [-0.4, -0.2) is 126 Å². The second kappa shape index (κ2) is 21.9. The van der Waals surface area contributed by atoms with Gasteiger partial charge in [-0.3, -0.25) is 4.52 Å². The van der Waals surface area contributed by atoms with E-state index in [2.05, 4.69) is 15.5 Å². The second-order valence-corrected chi connectivity index (χ2v) is 19.7. The lowest BCUT2D eigenvalue weighted by molar-refractivity contribution is -0.150. The first kappa shape index (κ1) is 47.2. The molecular formula is C43H59N4O13PS. The number of aliphatic hydroxyl groups excluding tert-OH is 1. The van der Waals surface area contributed by atoms with Gasteiger partial charge < -0.3 is 48.8 Å². The van der Waals surface area contributed by atoms with Crippen LogP contribution < -0.4 is 24.8 Å². The standard InChI is InChI=1S/C43H59N4O13PS/c1-5-54-41(49)31(4)59-61(51,60-35-9-7-6-8-10-35)29-57-34-15-11-32(12-16-34)25-38(45-43(50)58-40-28-56-42-37(40)19-24-55-42)39(48)27-47(26-30(2)3)62(52,53)36-17-13-33(14-18-36)46-22-20-44-21-23-46/h6-18,30-31,37-40,42,44,48H,5,19-29H2,1-4H3,(H,45,50)/t31-,37-,38-,39+,40-,42+,61?/m0/s1. The third-order valence-corrected chi connectivity index (χ3v) is 14.0. The third kappa shape index (κ3) is 12.9. The molecule has 3 aromatic carbocycles. The highest BCUT2D eigenvalue weighted by Crippen LogP contribution is 2.49. The second-order valence-electron chi connectivity index (χ2n) is 15.9. The minimum absolute atomic E-state index is 0.0671. The molecule has 1 unspecified atom stereocenters. The Kier molecular flexibility index (Phi) is 16.7. The van der Waals surface area contributed by atoms with Crippen molar-refractivity contribution in [3.63, 3.8) is 0 Å². The number of aliphatic hydroxyl groups is 1. The number of rotatable bonds is 21. The molecule has 7 atom stereocenters. The number of hydrogen-bond acceptors (Lipinski definition) is 15. The van der Waals surface area contributed by atoms with Crippen molar-refractivity contribution in [2.24, 2.45) is 11.8 Å². The van der Waals surface area contributed by atoms with Crippen LogP contribution in [0.4, 0.5) is 10.5 Å². The molecule has 0 spiro atoms. The number of anilines is 1. The molecule has 1 amide bonds. The van der Waals surface area contributed by atoms with Gasteiger partial charge in [-0.2, -0.15) is 4.31 Å². The van der Waals surface area contributed by atoms with E-state index in [1.54, 1.807) is 85.8 Å². The number of benzene rings is 3. The number of alkyl carbamates (subject to hydrolysis) is 1. The molecule has 0 aromatic heterocycles. The van der Waals surface area contributed by atoms with E-state index in [9.17, 15) is 27.7 Å². The molecule has 0 radical (unpaired) electrons. The van der Waals surface area contributed by atoms with E-state index < -0.39 is 66.7 Å². The summed E-state index contributed by atoms with van der Waals surface area (Å²) in [5.41, 5.74) is 1.57. The molecular weight excluding hydrogens is 844 g/mol. The van der Waals surface area contributed by atoms with Gasteiger partial charge in [-0.15, -0.1) is 0 Å². The fourth-order valence-corrected chi connectivity index (χ4v) is 10.6. The number of nitrogens with zero attached hydrogens (tertiary/aromatic N) is 2. The molecule has 3 N–H and O–H groups in total. The van der Waals surface area contributed by atoms with Gasteiger partial charge in [-0.25, -0.2) is 22.6 Å². The number of esters is 1. The molecule has 6 rings (SSSR count). The van der Waals surface area contributed by atoms with Crippen LogP contribution in [0.1, 0.15) is 39.7 Å². The van der Waals surface area contributed by atoms with Crippen LogP contribution in [0.15, 0.2) is 83.8 Å². The summed E-state index contributed by atoms with van der Waals surface area (Å²) in [5, 5.41) is 18.0. The van der Waals surface area contributed by atoms with Gasteiger partial charge in [-0.05, 0) is 86.7 Å². The van der Waals surface area contributed by atoms with E-state index in [4.69, 9.17) is 32.7 Å². The number of ether oxygens (including phenoxy) is 5. The summed E-state index contributed by atoms with van der Waals surface area (Å²) in [6.07, 6.45) is -4.18. The summed E-state index contributed by atoms with van der Waals surface area (Å²) in [6, 6.07) is 20.7. The van der Waals surface area contributed by atoms with Gasteiger partial charge >= 0.3 is 19.7 Å². The predicted octanol–water partition coefficient (Wildman–Crippen LogP) is 4.78. The summed E-state index contributed by atoms with van der Waals surface area (Å²) >= 11 is 0. The first-order valence-electron chi connectivity index (χ1n) is 21.1. The molecule has 17 nitrogen and oxygen atoms in total. The van der Waals surface area contributed by atoms with Gasteiger partial charge in [0, 0.05) is 45.0 Å².